The zero-order valence-electron chi connectivity index (χ0n) is 12.6. The number of nitrogens with one attached hydrogen (secondary N) is 1. The summed E-state index contributed by atoms with van der Waals surface area (Å²) in [6.07, 6.45) is 0.275. The smallest absolute Gasteiger partial charge is 0.241 e. The number of benzene rings is 1. The maximum atomic E-state index is 12.9. The van der Waals surface area contributed by atoms with Crippen LogP contribution in [0.15, 0.2) is 24.3 Å². The lowest BCUT2D eigenvalue weighted by Gasteiger charge is -2.34. The van der Waals surface area contributed by atoms with Crippen molar-refractivity contribution in [3.63, 3.8) is 0 Å². The molecule has 2 rings (SSSR count). The molecular formula is C15H21FN4O2. The molecule has 1 aliphatic rings. The molecule has 2 amide bonds. The first-order valence-electron chi connectivity index (χ1n) is 7.25. The summed E-state index contributed by atoms with van der Waals surface area (Å²) in [5.74, 6) is -0.884. The summed E-state index contributed by atoms with van der Waals surface area (Å²) in [5, 5.41) is 3.06. The van der Waals surface area contributed by atoms with Gasteiger partial charge in [0.15, 0.2) is 0 Å². The van der Waals surface area contributed by atoms with Crippen LogP contribution in [0.2, 0.25) is 0 Å². The van der Waals surface area contributed by atoms with E-state index < -0.39 is 11.9 Å². The van der Waals surface area contributed by atoms with E-state index in [1.807, 2.05) is 11.9 Å². The minimum atomic E-state index is -0.586. The molecule has 0 spiro atoms. The van der Waals surface area contributed by atoms with Crippen LogP contribution in [0.25, 0.3) is 0 Å². The van der Waals surface area contributed by atoms with Crippen LogP contribution in [0.5, 0.6) is 0 Å². The average Bonchev–Trinajstić information content (AvgIpc) is 2.53. The third kappa shape index (κ3) is 3.94. The fourth-order valence-electron chi connectivity index (χ4n) is 2.49. The zero-order valence-corrected chi connectivity index (χ0v) is 12.6. The van der Waals surface area contributed by atoms with Crippen LogP contribution in [0, 0.1) is 5.82 Å². The highest BCUT2D eigenvalue weighted by atomic mass is 19.1. The number of anilines is 1. The van der Waals surface area contributed by atoms with Crippen molar-refractivity contribution in [2.75, 3.05) is 38.1 Å². The van der Waals surface area contributed by atoms with E-state index in [1.54, 1.807) is 12.1 Å². The lowest BCUT2D eigenvalue weighted by atomic mass is 10.1. The third-order valence-corrected chi connectivity index (χ3v) is 3.82. The fourth-order valence-corrected chi connectivity index (χ4v) is 2.49. The number of carbonyl (C=O) groups excluding carboxylic acids is 2. The quantitative estimate of drug-likeness (QED) is 0.799. The Bertz CT molecular complexity index is 535. The summed E-state index contributed by atoms with van der Waals surface area (Å²) in [5.41, 5.74) is 6.17. The highest BCUT2D eigenvalue weighted by Crippen LogP contribution is 2.14. The highest BCUT2D eigenvalue weighted by molar-refractivity contribution is 5.87. The third-order valence-electron chi connectivity index (χ3n) is 3.82. The van der Waals surface area contributed by atoms with E-state index in [4.69, 9.17) is 5.73 Å². The highest BCUT2D eigenvalue weighted by Gasteiger charge is 2.30. The largest absolute Gasteiger partial charge is 0.374 e. The topological polar surface area (TPSA) is 78.7 Å². The number of hydrogen-bond donors (Lipinski definition) is 2. The molecule has 0 bridgehead atoms. The van der Waals surface area contributed by atoms with E-state index in [9.17, 15) is 14.0 Å². The van der Waals surface area contributed by atoms with E-state index in [0.717, 1.165) is 5.69 Å². The summed E-state index contributed by atoms with van der Waals surface area (Å²) in [6.45, 7) is 2.02. The van der Waals surface area contributed by atoms with Crippen molar-refractivity contribution < 1.29 is 14.0 Å². The molecule has 22 heavy (non-hydrogen) atoms. The Balaban J connectivity index is 1.91. The molecule has 1 atom stereocenters. The first-order valence-corrected chi connectivity index (χ1v) is 7.25. The molecule has 0 radical (unpaired) electrons. The second-order valence-corrected chi connectivity index (χ2v) is 5.36. The second-order valence-electron chi connectivity index (χ2n) is 5.36. The van der Waals surface area contributed by atoms with Gasteiger partial charge in [0.1, 0.15) is 11.9 Å². The van der Waals surface area contributed by atoms with Crippen LogP contribution in [0.3, 0.4) is 0 Å². The van der Waals surface area contributed by atoms with Gasteiger partial charge in [-0.3, -0.25) is 9.59 Å². The second kappa shape index (κ2) is 7.22. The van der Waals surface area contributed by atoms with Crippen LogP contribution in [-0.2, 0) is 9.59 Å². The molecule has 3 N–H and O–H groups in total. The van der Waals surface area contributed by atoms with Gasteiger partial charge < -0.3 is 20.9 Å². The maximum absolute atomic E-state index is 12.9. The van der Waals surface area contributed by atoms with Crippen LogP contribution >= 0.6 is 0 Å². The number of halogens is 1. The Kier molecular flexibility index (Phi) is 5.32. The predicted molar refractivity (Wildman–Crippen MR) is 81.9 cm³/mol. The molecule has 1 aromatic carbocycles. The normalized spacial score (nSPS) is 18.1. The van der Waals surface area contributed by atoms with E-state index in [1.165, 1.54) is 17.0 Å². The van der Waals surface area contributed by atoms with Gasteiger partial charge in [0.25, 0.3) is 0 Å². The first-order chi connectivity index (χ1) is 10.5. The number of carbonyl (C=O) groups is 2. The van der Waals surface area contributed by atoms with Gasteiger partial charge in [0, 0.05) is 45.3 Å². The number of nitrogens with two attached hydrogens (primary N) is 1. The van der Waals surface area contributed by atoms with Crippen molar-refractivity contribution in [2.45, 2.75) is 12.5 Å². The summed E-state index contributed by atoms with van der Waals surface area (Å²) in [4.78, 5) is 27.1. The molecule has 1 aromatic rings. The van der Waals surface area contributed by atoms with Gasteiger partial charge in [-0.2, -0.15) is 0 Å². The minimum Gasteiger partial charge on any atom is -0.374 e. The molecule has 0 aromatic heterocycles. The fraction of sp³-hybridized carbons (Fsp3) is 0.467. The molecule has 1 fully saturated rings. The summed E-state index contributed by atoms with van der Waals surface area (Å²) >= 11 is 0. The van der Waals surface area contributed by atoms with E-state index >= 15 is 0 Å². The molecule has 1 aliphatic heterocycles. The van der Waals surface area contributed by atoms with E-state index in [2.05, 4.69) is 5.32 Å². The number of amides is 2. The van der Waals surface area contributed by atoms with Gasteiger partial charge in [-0.05, 0) is 24.3 Å². The lowest BCUT2D eigenvalue weighted by molar-refractivity contribution is -0.140. The molecule has 120 valence electrons. The minimum absolute atomic E-state index is 0.0979. The summed E-state index contributed by atoms with van der Waals surface area (Å²) < 4.78 is 12.9. The van der Waals surface area contributed by atoms with Gasteiger partial charge in [-0.25, -0.2) is 4.39 Å². The molecular weight excluding hydrogens is 287 g/mol. The number of nitrogens with zero attached hydrogens (tertiary/aromatic N) is 2. The van der Waals surface area contributed by atoms with Crippen LogP contribution in [0.1, 0.15) is 6.42 Å². The Morgan fingerprint density at radius 1 is 1.41 bits per heavy atom. The predicted octanol–water partition coefficient (Wildman–Crippen LogP) is -0.0623. The lowest BCUT2D eigenvalue weighted by Crippen LogP contribution is -2.58. The molecule has 0 saturated carbocycles. The molecule has 6 nitrogen and oxygen atoms in total. The van der Waals surface area contributed by atoms with Crippen molar-refractivity contribution in [1.82, 2.24) is 10.2 Å². The average molecular weight is 308 g/mol. The Labute approximate surface area is 129 Å². The number of hydrogen-bond acceptors (Lipinski definition) is 4. The van der Waals surface area contributed by atoms with Crippen molar-refractivity contribution in [2.24, 2.45) is 5.73 Å². The van der Waals surface area contributed by atoms with Crippen molar-refractivity contribution >= 4 is 17.5 Å². The summed E-state index contributed by atoms with van der Waals surface area (Å²) in [7, 11) is 1.84. The van der Waals surface area contributed by atoms with Crippen molar-refractivity contribution in [1.29, 1.82) is 0 Å². The van der Waals surface area contributed by atoms with Crippen LogP contribution < -0.4 is 16.0 Å². The van der Waals surface area contributed by atoms with Gasteiger partial charge in [0.05, 0.1) is 0 Å². The van der Waals surface area contributed by atoms with Gasteiger partial charge in [-0.1, -0.05) is 0 Å². The van der Waals surface area contributed by atoms with Crippen molar-refractivity contribution in [3.8, 4) is 0 Å². The Hall–Kier alpha value is -2.15. The number of piperazine rings is 1. The van der Waals surface area contributed by atoms with Crippen LogP contribution in [0.4, 0.5) is 10.1 Å². The van der Waals surface area contributed by atoms with E-state index in [-0.39, 0.29) is 18.1 Å². The van der Waals surface area contributed by atoms with Gasteiger partial charge >= 0.3 is 0 Å². The Morgan fingerprint density at radius 3 is 2.73 bits per heavy atom. The summed E-state index contributed by atoms with van der Waals surface area (Å²) in [6, 6.07) is 5.51. The molecule has 7 heteroatoms. The molecule has 0 unspecified atom stereocenters. The monoisotopic (exact) mass is 308 g/mol. The van der Waals surface area contributed by atoms with Gasteiger partial charge in [-0.15, -0.1) is 0 Å². The van der Waals surface area contributed by atoms with Crippen LogP contribution in [-0.4, -0.2) is 56.0 Å². The van der Waals surface area contributed by atoms with E-state index in [0.29, 0.717) is 26.2 Å². The Morgan fingerprint density at radius 2 is 2.09 bits per heavy atom. The standard InChI is InChI=1S/C15H21FN4O2/c1-19(12-4-2-11(16)3-5-12)8-6-14(21)20-9-7-18-10-13(20)15(17)22/h2-5,13,18H,6-10H2,1H3,(H2,17,22)/t13-/m0/s1. The number of primary amides is 1. The SMILES string of the molecule is CN(CCC(=O)N1CCNC[C@H]1C(N)=O)c1ccc(F)cc1. The van der Waals surface area contributed by atoms with Crippen molar-refractivity contribution in [3.05, 3.63) is 30.1 Å². The number of rotatable bonds is 5. The first kappa shape index (κ1) is 16.2. The molecule has 0 aliphatic carbocycles. The molecule has 1 heterocycles. The van der Waals surface area contributed by atoms with Gasteiger partial charge in [0.2, 0.25) is 11.8 Å². The zero-order chi connectivity index (χ0) is 16.1. The molecule has 1 saturated heterocycles. The maximum Gasteiger partial charge on any atom is 0.241 e.